The van der Waals surface area contributed by atoms with Gasteiger partial charge in [0.25, 0.3) is 5.56 Å². The zero-order chi connectivity index (χ0) is 23.6. The van der Waals surface area contributed by atoms with Gasteiger partial charge in [-0.15, -0.1) is 0 Å². The molecule has 0 saturated heterocycles. The molecule has 0 radical (unpaired) electrons. The fourth-order valence-corrected chi connectivity index (χ4v) is 3.23. The fraction of sp³-hybridized carbons (Fsp3) is 0.238. The lowest BCUT2D eigenvalue weighted by molar-refractivity contribution is -0.386. The Morgan fingerprint density at radius 1 is 1.28 bits per heavy atom. The fourth-order valence-electron chi connectivity index (χ4n) is 2.87. The van der Waals surface area contributed by atoms with Gasteiger partial charge < -0.3 is 9.84 Å². The van der Waals surface area contributed by atoms with Crippen LogP contribution >= 0.6 is 15.9 Å². The van der Waals surface area contributed by atoms with Crippen molar-refractivity contribution >= 4 is 44.7 Å². The average Bonchev–Trinajstić information content (AvgIpc) is 2.73. The van der Waals surface area contributed by atoms with Gasteiger partial charge in [-0.3, -0.25) is 14.9 Å². The molecular weight excluding hydrogens is 484 g/mol. The molecule has 3 aromatic rings. The number of aliphatic carboxylic acids is 1. The second-order valence-electron chi connectivity index (χ2n) is 7.23. The standard InChI is InChI=1S/C21H19BrN4O6/c1-11(2)19-24-16-6-5-14(22)9-15(16)20(27)25(19)23-10-13-4-7-18(17(8-13)26(30)31)32-12(3)21(28)29/h4-12H,1-3H3,(H,28,29)/t12-/m0/s1. The summed E-state index contributed by atoms with van der Waals surface area (Å²) in [6.45, 7) is 5.02. The normalized spacial score (nSPS) is 12.4. The van der Waals surface area contributed by atoms with Crippen LogP contribution in [0.2, 0.25) is 0 Å². The van der Waals surface area contributed by atoms with Crippen LogP contribution in [0.3, 0.4) is 0 Å². The van der Waals surface area contributed by atoms with E-state index in [2.05, 4.69) is 26.0 Å². The Balaban J connectivity index is 2.07. The molecular formula is C21H19BrN4O6. The first-order valence-corrected chi connectivity index (χ1v) is 10.3. The Morgan fingerprint density at radius 3 is 2.62 bits per heavy atom. The predicted molar refractivity (Wildman–Crippen MR) is 122 cm³/mol. The molecule has 166 valence electrons. The lowest BCUT2D eigenvalue weighted by Gasteiger charge is -2.12. The van der Waals surface area contributed by atoms with Crippen LogP contribution < -0.4 is 10.3 Å². The molecule has 1 aromatic heterocycles. The molecule has 1 heterocycles. The molecule has 1 atom stereocenters. The molecule has 3 rings (SSSR count). The average molecular weight is 503 g/mol. The number of rotatable bonds is 7. The highest BCUT2D eigenvalue weighted by molar-refractivity contribution is 9.10. The number of carbonyl (C=O) groups is 1. The number of ether oxygens (including phenoxy) is 1. The minimum Gasteiger partial charge on any atom is -0.479 e. The number of nitro benzene ring substituents is 1. The quantitative estimate of drug-likeness (QED) is 0.293. The summed E-state index contributed by atoms with van der Waals surface area (Å²) in [6.07, 6.45) is 0.0410. The summed E-state index contributed by atoms with van der Waals surface area (Å²) in [5, 5.41) is 25.0. The summed E-state index contributed by atoms with van der Waals surface area (Å²) >= 11 is 3.34. The highest BCUT2D eigenvalue weighted by Crippen LogP contribution is 2.28. The third-order valence-electron chi connectivity index (χ3n) is 4.50. The van der Waals surface area contributed by atoms with Gasteiger partial charge in [-0.1, -0.05) is 29.8 Å². The first-order chi connectivity index (χ1) is 15.1. The maximum Gasteiger partial charge on any atom is 0.344 e. The van der Waals surface area contributed by atoms with E-state index in [-0.39, 0.29) is 17.2 Å². The highest BCUT2D eigenvalue weighted by atomic mass is 79.9. The molecule has 11 heteroatoms. The number of nitrogens with zero attached hydrogens (tertiary/aromatic N) is 4. The minimum absolute atomic E-state index is 0.115. The van der Waals surface area contributed by atoms with E-state index >= 15 is 0 Å². The molecule has 0 bridgehead atoms. The van der Waals surface area contributed by atoms with Crippen LogP contribution in [0.5, 0.6) is 5.75 Å². The number of benzene rings is 2. The van der Waals surface area contributed by atoms with Crippen molar-refractivity contribution in [2.45, 2.75) is 32.8 Å². The minimum atomic E-state index is -1.26. The summed E-state index contributed by atoms with van der Waals surface area (Å²) in [5.41, 5.74) is 0.0704. The number of carboxylic acids is 1. The van der Waals surface area contributed by atoms with Gasteiger partial charge in [-0.25, -0.2) is 9.78 Å². The first kappa shape index (κ1) is 23.1. The number of aromatic nitrogens is 2. The smallest absolute Gasteiger partial charge is 0.344 e. The topological polar surface area (TPSA) is 137 Å². The van der Waals surface area contributed by atoms with Gasteiger partial charge in [0.1, 0.15) is 5.82 Å². The third kappa shape index (κ3) is 4.83. The van der Waals surface area contributed by atoms with Crippen LogP contribution in [0.25, 0.3) is 10.9 Å². The Kier molecular flexibility index (Phi) is 6.68. The van der Waals surface area contributed by atoms with Crippen LogP contribution in [-0.4, -0.2) is 38.0 Å². The van der Waals surface area contributed by atoms with Crippen molar-refractivity contribution < 1.29 is 19.6 Å². The summed E-state index contributed by atoms with van der Waals surface area (Å²) in [7, 11) is 0. The largest absolute Gasteiger partial charge is 0.479 e. The number of carboxylic acid groups (broad SMARTS) is 1. The van der Waals surface area contributed by atoms with Gasteiger partial charge in [0.05, 0.1) is 22.0 Å². The van der Waals surface area contributed by atoms with Crippen molar-refractivity contribution in [3.8, 4) is 5.75 Å². The van der Waals surface area contributed by atoms with Gasteiger partial charge in [0, 0.05) is 22.0 Å². The Bertz CT molecular complexity index is 1300. The van der Waals surface area contributed by atoms with Crippen molar-refractivity contribution in [2.24, 2.45) is 5.10 Å². The summed E-state index contributed by atoms with van der Waals surface area (Å²) in [6, 6.07) is 9.15. The molecule has 0 spiro atoms. The molecule has 0 fully saturated rings. The molecule has 0 unspecified atom stereocenters. The lowest BCUT2D eigenvalue weighted by Crippen LogP contribution is -2.23. The molecule has 1 N–H and O–H groups in total. The molecule has 0 aliphatic carbocycles. The zero-order valence-electron chi connectivity index (χ0n) is 17.4. The zero-order valence-corrected chi connectivity index (χ0v) is 18.9. The van der Waals surface area contributed by atoms with Crippen molar-refractivity contribution in [3.05, 3.63) is 72.7 Å². The van der Waals surface area contributed by atoms with Gasteiger partial charge in [-0.2, -0.15) is 9.78 Å². The summed E-state index contributed by atoms with van der Waals surface area (Å²) < 4.78 is 7.05. The van der Waals surface area contributed by atoms with Crippen LogP contribution in [0.1, 0.15) is 38.1 Å². The van der Waals surface area contributed by atoms with Crippen LogP contribution in [-0.2, 0) is 4.79 Å². The van der Waals surface area contributed by atoms with Gasteiger partial charge >= 0.3 is 11.7 Å². The van der Waals surface area contributed by atoms with Crippen LogP contribution in [0.15, 0.2) is 50.8 Å². The maximum atomic E-state index is 13.0. The molecule has 32 heavy (non-hydrogen) atoms. The van der Waals surface area contributed by atoms with E-state index in [4.69, 9.17) is 9.84 Å². The highest BCUT2D eigenvalue weighted by Gasteiger charge is 2.21. The SMILES string of the molecule is CC(C)c1nc2ccc(Br)cc2c(=O)n1N=Cc1ccc(O[C@@H](C)C(=O)O)c([N+](=O)[O-])c1. The van der Waals surface area contributed by atoms with E-state index in [0.29, 0.717) is 22.3 Å². The van der Waals surface area contributed by atoms with E-state index in [1.807, 2.05) is 13.8 Å². The Morgan fingerprint density at radius 2 is 2.00 bits per heavy atom. The van der Waals surface area contributed by atoms with E-state index in [1.165, 1.54) is 36.0 Å². The van der Waals surface area contributed by atoms with Gasteiger partial charge in [0.2, 0.25) is 0 Å². The van der Waals surface area contributed by atoms with Crippen LogP contribution in [0.4, 0.5) is 5.69 Å². The molecule has 10 nitrogen and oxygen atoms in total. The van der Waals surface area contributed by atoms with E-state index in [0.717, 1.165) is 4.47 Å². The second-order valence-corrected chi connectivity index (χ2v) is 8.15. The number of hydrogen-bond acceptors (Lipinski definition) is 7. The van der Waals surface area contributed by atoms with Gasteiger partial charge in [0.15, 0.2) is 11.9 Å². The Hall–Kier alpha value is -3.60. The molecule has 0 saturated carbocycles. The number of nitro groups is 1. The van der Waals surface area contributed by atoms with Crippen molar-refractivity contribution in [1.82, 2.24) is 9.66 Å². The van der Waals surface area contributed by atoms with E-state index in [1.54, 1.807) is 18.2 Å². The van der Waals surface area contributed by atoms with Crippen LogP contribution in [0, 0.1) is 10.1 Å². The molecule has 0 aliphatic heterocycles. The third-order valence-corrected chi connectivity index (χ3v) is 5.00. The summed E-state index contributed by atoms with van der Waals surface area (Å²) in [4.78, 5) is 39.3. The predicted octanol–water partition coefficient (Wildman–Crippen LogP) is 3.92. The van der Waals surface area contributed by atoms with E-state index in [9.17, 15) is 19.7 Å². The number of hydrogen-bond donors (Lipinski definition) is 1. The number of halogens is 1. The maximum absolute atomic E-state index is 13.0. The van der Waals surface area contributed by atoms with Crippen molar-refractivity contribution in [1.29, 1.82) is 0 Å². The lowest BCUT2D eigenvalue weighted by atomic mass is 10.2. The first-order valence-electron chi connectivity index (χ1n) is 9.53. The van der Waals surface area contributed by atoms with Crippen molar-refractivity contribution in [3.63, 3.8) is 0 Å². The second kappa shape index (κ2) is 9.27. The molecule has 0 aliphatic rings. The van der Waals surface area contributed by atoms with E-state index < -0.39 is 22.7 Å². The van der Waals surface area contributed by atoms with Gasteiger partial charge in [-0.05, 0) is 37.3 Å². The molecule has 2 aromatic carbocycles. The number of fused-ring (bicyclic) bond motifs is 1. The Labute approximate surface area is 190 Å². The summed E-state index contributed by atoms with van der Waals surface area (Å²) in [5.74, 6) is -1.11. The van der Waals surface area contributed by atoms with Crippen molar-refractivity contribution in [2.75, 3.05) is 0 Å². The monoisotopic (exact) mass is 502 g/mol. The molecule has 0 amide bonds.